The summed E-state index contributed by atoms with van der Waals surface area (Å²) in [7, 11) is -2.93. The van der Waals surface area contributed by atoms with Crippen molar-refractivity contribution in [2.45, 2.75) is 43.5 Å². The van der Waals surface area contributed by atoms with Crippen molar-refractivity contribution >= 4 is 9.84 Å². The number of nitrogens with zero attached hydrogens (tertiary/aromatic N) is 1. The van der Waals surface area contributed by atoms with Crippen molar-refractivity contribution in [2.24, 2.45) is 5.73 Å². The van der Waals surface area contributed by atoms with Crippen LogP contribution in [0.4, 0.5) is 0 Å². The first-order valence-electron chi connectivity index (χ1n) is 6.40. The third-order valence-corrected chi connectivity index (χ3v) is 6.06. The number of morpholine rings is 1. The minimum absolute atomic E-state index is 0.00880. The van der Waals surface area contributed by atoms with Gasteiger partial charge in [0.05, 0.1) is 24.2 Å². The van der Waals surface area contributed by atoms with Crippen LogP contribution in [0.25, 0.3) is 0 Å². The quantitative estimate of drug-likeness (QED) is 0.679. The molecule has 1 saturated carbocycles. The lowest BCUT2D eigenvalue weighted by atomic mass is 10.0. The molecule has 0 bridgehead atoms. The van der Waals surface area contributed by atoms with Gasteiger partial charge in [0.2, 0.25) is 0 Å². The van der Waals surface area contributed by atoms with Crippen LogP contribution in [0.2, 0.25) is 0 Å². The van der Waals surface area contributed by atoms with Crippen molar-refractivity contribution in [2.75, 3.05) is 24.7 Å². The summed E-state index contributed by atoms with van der Waals surface area (Å²) in [6.07, 6.45) is 3.71. The average molecular weight is 260 g/mol. The summed E-state index contributed by atoms with van der Waals surface area (Å²) in [5.74, 6) is 0.379. The van der Waals surface area contributed by atoms with Gasteiger partial charge >= 0.3 is 0 Å². The zero-order chi connectivity index (χ0) is 12.0. The highest BCUT2D eigenvalue weighted by molar-refractivity contribution is 7.91. The molecule has 4 atom stereocenters. The van der Waals surface area contributed by atoms with Crippen molar-refractivity contribution in [3.63, 3.8) is 0 Å². The first kappa shape index (κ1) is 11.9. The summed E-state index contributed by atoms with van der Waals surface area (Å²) in [5, 5.41) is 0. The number of hydrogen-bond acceptors (Lipinski definition) is 5. The largest absolute Gasteiger partial charge is 0.375 e. The summed E-state index contributed by atoms with van der Waals surface area (Å²) in [6.45, 7) is 1.54. The van der Waals surface area contributed by atoms with E-state index in [0.29, 0.717) is 18.8 Å². The number of sulfone groups is 1. The molecular weight excluding hydrogens is 240 g/mol. The topological polar surface area (TPSA) is 72.6 Å². The zero-order valence-corrected chi connectivity index (χ0v) is 10.7. The van der Waals surface area contributed by atoms with E-state index < -0.39 is 9.84 Å². The summed E-state index contributed by atoms with van der Waals surface area (Å²) >= 11 is 0. The molecule has 3 aliphatic rings. The van der Waals surface area contributed by atoms with E-state index in [4.69, 9.17) is 10.5 Å². The van der Waals surface area contributed by atoms with Crippen LogP contribution in [0.3, 0.4) is 0 Å². The molecule has 6 heteroatoms. The van der Waals surface area contributed by atoms with Gasteiger partial charge in [-0.05, 0) is 19.3 Å². The lowest BCUT2D eigenvalue weighted by molar-refractivity contribution is -0.0699. The predicted octanol–water partition coefficient (Wildman–Crippen LogP) is -0.636. The molecule has 3 fully saturated rings. The lowest BCUT2D eigenvalue weighted by Gasteiger charge is -2.42. The predicted molar refractivity (Wildman–Crippen MR) is 64.5 cm³/mol. The molecule has 3 rings (SSSR count). The van der Waals surface area contributed by atoms with Crippen LogP contribution in [0, 0.1) is 0 Å². The van der Waals surface area contributed by atoms with Crippen molar-refractivity contribution in [1.29, 1.82) is 0 Å². The maximum absolute atomic E-state index is 11.6. The van der Waals surface area contributed by atoms with E-state index in [1.54, 1.807) is 0 Å². The SMILES string of the molecule is NC1CS(=O)(=O)CC1N1CCOC2CCCC21. The molecule has 2 heterocycles. The highest BCUT2D eigenvalue weighted by Gasteiger charge is 2.45. The first-order valence-corrected chi connectivity index (χ1v) is 8.22. The number of ether oxygens (including phenoxy) is 1. The molecule has 0 aromatic carbocycles. The Morgan fingerprint density at radius 3 is 2.71 bits per heavy atom. The van der Waals surface area contributed by atoms with Gasteiger partial charge in [0.25, 0.3) is 0 Å². The number of rotatable bonds is 1. The molecule has 0 aromatic heterocycles. The second-order valence-electron chi connectivity index (χ2n) is 5.45. The molecule has 5 nitrogen and oxygen atoms in total. The van der Waals surface area contributed by atoms with E-state index in [-0.39, 0.29) is 23.6 Å². The molecule has 0 spiro atoms. The number of fused-ring (bicyclic) bond motifs is 1. The zero-order valence-electron chi connectivity index (χ0n) is 9.92. The van der Waals surface area contributed by atoms with Crippen LogP contribution >= 0.6 is 0 Å². The number of hydrogen-bond donors (Lipinski definition) is 1. The summed E-state index contributed by atoms with van der Waals surface area (Å²) < 4.78 is 29.0. The Morgan fingerprint density at radius 1 is 1.18 bits per heavy atom. The van der Waals surface area contributed by atoms with E-state index in [1.165, 1.54) is 6.42 Å². The standard InChI is InChI=1S/C11H20N2O3S/c12-8-6-17(14,15)7-10(8)13-4-5-16-11-3-1-2-9(11)13/h8-11H,1-7,12H2. The third kappa shape index (κ3) is 2.12. The Morgan fingerprint density at radius 2 is 2.00 bits per heavy atom. The third-order valence-electron chi connectivity index (χ3n) is 4.32. The van der Waals surface area contributed by atoms with Crippen LogP contribution in [-0.4, -0.2) is 62.2 Å². The highest BCUT2D eigenvalue weighted by Crippen LogP contribution is 2.33. The van der Waals surface area contributed by atoms with E-state index in [9.17, 15) is 8.42 Å². The van der Waals surface area contributed by atoms with Gasteiger partial charge in [0.1, 0.15) is 0 Å². The van der Waals surface area contributed by atoms with Gasteiger partial charge in [-0.3, -0.25) is 4.90 Å². The fourth-order valence-electron chi connectivity index (χ4n) is 3.57. The van der Waals surface area contributed by atoms with Gasteiger partial charge in [-0.2, -0.15) is 0 Å². The number of nitrogens with two attached hydrogens (primary N) is 1. The van der Waals surface area contributed by atoms with Gasteiger partial charge in [-0.25, -0.2) is 8.42 Å². The van der Waals surface area contributed by atoms with Crippen molar-refractivity contribution in [1.82, 2.24) is 4.90 Å². The van der Waals surface area contributed by atoms with E-state index in [1.807, 2.05) is 0 Å². The fourth-order valence-corrected chi connectivity index (χ4v) is 5.47. The van der Waals surface area contributed by atoms with Crippen LogP contribution in [0.15, 0.2) is 0 Å². The molecule has 4 unspecified atom stereocenters. The second-order valence-corrected chi connectivity index (χ2v) is 7.61. The maximum Gasteiger partial charge on any atom is 0.153 e. The lowest BCUT2D eigenvalue weighted by Crippen LogP contribution is -2.57. The van der Waals surface area contributed by atoms with Crippen molar-refractivity contribution in [3.8, 4) is 0 Å². The smallest absolute Gasteiger partial charge is 0.153 e. The Hall–Kier alpha value is -0.170. The van der Waals surface area contributed by atoms with E-state index >= 15 is 0 Å². The fraction of sp³-hybridized carbons (Fsp3) is 1.00. The van der Waals surface area contributed by atoms with Crippen molar-refractivity contribution < 1.29 is 13.2 Å². The molecule has 0 aromatic rings. The normalized spacial score (nSPS) is 45.9. The molecule has 2 saturated heterocycles. The van der Waals surface area contributed by atoms with Crippen LogP contribution in [0.1, 0.15) is 19.3 Å². The molecule has 98 valence electrons. The first-order chi connectivity index (χ1) is 8.07. The Bertz CT molecular complexity index is 398. The highest BCUT2D eigenvalue weighted by atomic mass is 32.2. The molecule has 2 N–H and O–H groups in total. The van der Waals surface area contributed by atoms with Gasteiger partial charge in [0.15, 0.2) is 9.84 Å². The molecular formula is C11H20N2O3S. The maximum atomic E-state index is 11.6. The minimum Gasteiger partial charge on any atom is -0.375 e. The van der Waals surface area contributed by atoms with Crippen LogP contribution in [-0.2, 0) is 14.6 Å². The Kier molecular flexibility index (Phi) is 2.93. The van der Waals surface area contributed by atoms with E-state index in [0.717, 1.165) is 19.4 Å². The van der Waals surface area contributed by atoms with Crippen LogP contribution < -0.4 is 5.73 Å². The molecule has 1 aliphatic carbocycles. The van der Waals surface area contributed by atoms with Gasteiger partial charge in [-0.15, -0.1) is 0 Å². The van der Waals surface area contributed by atoms with Gasteiger partial charge in [-0.1, -0.05) is 0 Å². The van der Waals surface area contributed by atoms with Gasteiger partial charge in [0, 0.05) is 24.7 Å². The molecule has 2 aliphatic heterocycles. The van der Waals surface area contributed by atoms with E-state index in [2.05, 4.69) is 4.90 Å². The Balaban J connectivity index is 1.79. The molecule has 0 amide bonds. The molecule has 0 radical (unpaired) electrons. The summed E-state index contributed by atoms with van der Waals surface area (Å²) in [5.41, 5.74) is 6.01. The van der Waals surface area contributed by atoms with Crippen molar-refractivity contribution in [3.05, 3.63) is 0 Å². The summed E-state index contributed by atoms with van der Waals surface area (Å²) in [6, 6.07) is 0.182. The Labute approximate surface area is 102 Å². The summed E-state index contributed by atoms with van der Waals surface area (Å²) in [4.78, 5) is 2.32. The average Bonchev–Trinajstić information content (AvgIpc) is 2.81. The monoisotopic (exact) mass is 260 g/mol. The minimum atomic E-state index is -2.93. The molecule has 17 heavy (non-hydrogen) atoms. The van der Waals surface area contributed by atoms with Crippen LogP contribution in [0.5, 0.6) is 0 Å². The van der Waals surface area contributed by atoms with Gasteiger partial charge < -0.3 is 10.5 Å². The second kappa shape index (κ2) is 4.19.